The van der Waals surface area contributed by atoms with Crippen molar-refractivity contribution in [2.45, 2.75) is 85.2 Å². The van der Waals surface area contributed by atoms with E-state index in [2.05, 4.69) is 38.3 Å². The van der Waals surface area contributed by atoms with Gasteiger partial charge >= 0.3 is 0 Å². The van der Waals surface area contributed by atoms with Crippen LogP contribution in [0.3, 0.4) is 0 Å². The van der Waals surface area contributed by atoms with Crippen LogP contribution in [0.4, 0.5) is 5.69 Å². The smallest absolute Gasteiger partial charge is 0.231 e. The van der Waals surface area contributed by atoms with E-state index in [0.717, 1.165) is 49.1 Å². The zero-order valence-electron chi connectivity index (χ0n) is 23.8. The number of hydrogen-bond acceptors (Lipinski definition) is 5. The van der Waals surface area contributed by atoms with Gasteiger partial charge in [0, 0.05) is 57.1 Å². The lowest BCUT2D eigenvalue weighted by atomic mass is 9.87. The Morgan fingerprint density at radius 1 is 1.05 bits per heavy atom. The van der Waals surface area contributed by atoms with Crippen LogP contribution in [0, 0.1) is 30.6 Å². The number of rotatable bonds is 14. The van der Waals surface area contributed by atoms with Crippen LogP contribution in [0.25, 0.3) is 0 Å². The molecule has 1 saturated carbocycles. The van der Waals surface area contributed by atoms with Gasteiger partial charge in [0.2, 0.25) is 11.8 Å². The van der Waals surface area contributed by atoms with Crippen LogP contribution in [-0.2, 0) is 14.3 Å². The number of ether oxygens (including phenoxy) is 2. The molecule has 1 aliphatic heterocycles. The molecule has 1 aromatic carbocycles. The Morgan fingerprint density at radius 2 is 1.73 bits per heavy atom. The van der Waals surface area contributed by atoms with Crippen molar-refractivity contribution in [2.75, 3.05) is 38.3 Å². The van der Waals surface area contributed by atoms with E-state index < -0.39 is 0 Å². The van der Waals surface area contributed by atoms with Crippen molar-refractivity contribution in [3.05, 3.63) is 23.8 Å². The van der Waals surface area contributed by atoms with Gasteiger partial charge in [0.15, 0.2) is 0 Å². The molecule has 0 spiro atoms. The molecule has 37 heavy (non-hydrogen) atoms. The van der Waals surface area contributed by atoms with Crippen LogP contribution in [0.5, 0.6) is 5.75 Å². The van der Waals surface area contributed by atoms with E-state index in [0.29, 0.717) is 44.6 Å². The highest BCUT2D eigenvalue weighted by Gasteiger charge is 2.40. The number of anilines is 1. The summed E-state index contributed by atoms with van der Waals surface area (Å²) >= 11 is 0. The van der Waals surface area contributed by atoms with E-state index in [9.17, 15) is 9.59 Å². The quantitative estimate of drug-likeness (QED) is 0.351. The average Bonchev–Trinajstić information content (AvgIpc) is 3.68. The van der Waals surface area contributed by atoms with E-state index >= 15 is 0 Å². The summed E-state index contributed by atoms with van der Waals surface area (Å²) in [5, 5.41) is 6.70. The molecule has 1 aliphatic carbocycles. The Bertz CT molecular complexity index is 874. The molecule has 0 bridgehead atoms. The minimum absolute atomic E-state index is 0.0800. The molecule has 2 aliphatic rings. The first kappa shape index (κ1) is 29.4. The number of carbonyl (C=O) groups excluding carboxylic acids is 2. The molecule has 7 heteroatoms. The van der Waals surface area contributed by atoms with Gasteiger partial charge in [0.25, 0.3) is 0 Å². The molecule has 0 unspecified atom stereocenters. The molecule has 2 atom stereocenters. The zero-order valence-corrected chi connectivity index (χ0v) is 23.8. The van der Waals surface area contributed by atoms with Gasteiger partial charge in [-0.05, 0) is 62.5 Å². The number of benzene rings is 1. The predicted octanol–water partition coefficient (Wildman–Crippen LogP) is 4.71. The second-order valence-electron chi connectivity index (χ2n) is 11.8. The molecular weight excluding hydrogens is 466 g/mol. The number of nitrogens with zero attached hydrogens (tertiary/aromatic N) is 1. The largest absolute Gasteiger partial charge is 0.493 e. The Labute approximate surface area is 224 Å². The summed E-state index contributed by atoms with van der Waals surface area (Å²) in [6.07, 6.45) is 5.39. The van der Waals surface area contributed by atoms with Gasteiger partial charge in [0.1, 0.15) is 5.75 Å². The lowest BCUT2D eigenvalue weighted by molar-refractivity contribution is -0.129. The maximum Gasteiger partial charge on any atom is 0.231 e. The van der Waals surface area contributed by atoms with Gasteiger partial charge < -0.3 is 25.0 Å². The summed E-state index contributed by atoms with van der Waals surface area (Å²) < 4.78 is 11.1. The molecule has 3 rings (SSSR count). The standard InChI is InChI=1S/C30H49N3O4/c1-20(2)14-25(15-21(3)4)32-29(34)23-16-24(19-31-18-23)30(35)33(26-10-11-26)27-9-8-22(5)28(17-27)37-13-7-12-36-6/h8-9,17,20-21,23-26,31H,7,10-16,18-19H2,1-6H3,(H,32,34)/t23-,24+/m0/s1. The molecule has 2 N–H and O–H groups in total. The fourth-order valence-corrected chi connectivity index (χ4v) is 5.33. The fourth-order valence-electron chi connectivity index (χ4n) is 5.33. The molecule has 0 aromatic heterocycles. The molecule has 2 amide bonds. The molecule has 1 aromatic rings. The van der Waals surface area contributed by atoms with Crippen molar-refractivity contribution in [3.63, 3.8) is 0 Å². The van der Waals surface area contributed by atoms with Crippen LogP contribution in [0.2, 0.25) is 0 Å². The Balaban J connectivity index is 1.68. The zero-order chi connectivity index (χ0) is 26.9. The maximum atomic E-state index is 13.9. The van der Waals surface area contributed by atoms with E-state index in [1.165, 1.54) is 0 Å². The average molecular weight is 516 g/mol. The number of hydrogen-bond donors (Lipinski definition) is 2. The second kappa shape index (κ2) is 14.1. The second-order valence-corrected chi connectivity index (χ2v) is 11.8. The summed E-state index contributed by atoms with van der Waals surface area (Å²) in [4.78, 5) is 29.1. The van der Waals surface area contributed by atoms with Gasteiger partial charge in [-0.15, -0.1) is 0 Å². The SMILES string of the molecule is COCCCOc1cc(N(C(=O)[C@H]2CNC[C@@H](C(=O)NC(CC(C)C)CC(C)C)C2)C2CC2)ccc1C. The summed E-state index contributed by atoms with van der Waals surface area (Å²) in [6.45, 7) is 13.3. The maximum absolute atomic E-state index is 13.9. The first-order valence-corrected chi connectivity index (χ1v) is 14.3. The van der Waals surface area contributed by atoms with E-state index in [1.807, 2.05) is 30.0 Å². The predicted molar refractivity (Wildman–Crippen MR) is 149 cm³/mol. The molecule has 208 valence electrons. The topological polar surface area (TPSA) is 79.9 Å². The number of amides is 2. The van der Waals surface area contributed by atoms with Crippen molar-refractivity contribution in [3.8, 4) is 5.75 Å². The summed E-state index contributed by atoms with van der Waals surface area (Å²) in [5.74, 6) is 1.65. The Hall–Kier alpha value is -2.12. The van der Waals surface area contributed by atoms with Crippen LogP contribution in [0.1, 0.15) is 71.8 Å². The number of aryl methyl sites for hydroxylation is 1. The number of methoxy groups -OCH3 is 1. The number of carbonyl (C=O) groups is 2. The lowest BCUT2D eigenvalue weighted by Gasteiger charge is -2.34. The lowest BCUT2D eigenvalue weighted by Crippen LogP contribution is -2.51. The summed E-state index contributed by atoms with van der Waals surface area (Å²) in [5.41, 5.74) is 1.94. The molecular formula is C30H49N3O4. The van der Waals surface area contributed by atoms with Crippen molar-refractivity contribution in [1.29, 1.82) is 0 Å². The summed E-state index contributed by atoms with van der Waals surface area (Å²) in [7, 11) is 1.69. The molecule has 1 saturated heterocycles. The monoisotopic (exact) mass is 515 g/mol. The van der Waals surface area contributed by atoms with Gasteiger partial charge in [-0.1, -0.05) is 33.8 Å². The minimum atomic E-state index is -0.217. The van der Waals surface area contributed by atoms with Crippen LogP contribution < -0.4 is 20.3 Å². The highest BCUT2D eigenvalue weighted by atomic mass is 16.5. The molecule has 1 heterocycles. The van der Waals surface area contributed by atoms with Crippen LogP contribution in [0.15, 0.2) is 18.2 Å². The molecule has 2 fully saturated rings. The van der Waals surface area contributed by atoms with Gasteiger partial charge in [0.05, 0.1) is 18.4 Å². The first-order chi connectivity index (χ1) is 17.7. The third-order valence-electron chi connectivity index (χ3n) is 7.28. The fraction of sp³-hybridized carbons (Fsp3) is 0.733. The van der Waals surface area contributed by atoms with Gasteiger partial charge in [-0.3, -0.25) is 9.59 Å². The Morgan fingerprint density at radius 3 is 2.35 bits per heavy atom. The van der Waals surface area contributed by atoms with Crippen molar-refractivity contribution >= 4 is 17.5 Å². The van der Waals surface area contributed by atoms with Gasteiger partial charge in [-0.25, -0.2) is 0 Å². The third kappa shape index (κ3) is 8.99. The van der Waals surface area contributed by atoms with Gasteiger partial charge in [-0.2, -0.15) is 0 Å². The number of piperidine rings is 1. The highest BCUT2D eigenvalue weighted by molar-refractivity contribution is 5.97. The molecule has 7 nitrogen and oxygen atoms in total. The van der Waals surface area contributed by atoms with E-state index in [-0.39, 0.29) is 35.7 Å². The van der Waals surface area contributed by atoms with E-state index in [1.54, 1.807) is 7.11 Å². The van der Waals surface area contributed by atoms with Crippen LogP contribution >= 0.6 is 0 Å². The number of nitrogens with one attached hydrogen (secondary N) is 2. The highest BCUT2D eigenvalue weighted by Crippen LogP contribution is 2.36. The molecule has 0 radical (unpaired) electrons. The summed E-state index contributed by atoms with van der Waals surface area (Å²) in [6, 6.07) is 6.47. The normalized spacial score (nSPS) is 19.9. The Kier molecular flexibility index (Phi) is 11.3. The van der Waals surface area contributed by atoms with Crippen molar-refractivity contribution in [2.24, 2.45) is 23.7 Å². The minimum Gasteiger partial charge on any atom is -0.493 e. The van der Waals surface area contributed by atoms with Crippen molar-refractivity contribution < 1.29 is 19.1 Å². The van der Waals surface area contributed by atoms with Crippen molar-refractivity contribution in [1.82, 2.24) is 10.6 Å². The van der Waals surface area contributed by atoms with Crippen LogP contribution in [-0.4, -0.2) is 57.3 Å². The van der Waals surface area contributed by atoms with E-state index in [4.69, 9.17) is 9.47 Å². The third-order valence-corrected chi connectivity index (χ3v) is 7.28. The first-order valence-electron chi connectivity index (χ1n) is 14.3.